The Kier molecular flexibility index (Phi) is 4.25. The van der Waals surface area contributed by atoms with Crippen molar-refractivity contribution in [2.45, 2.75) is 25.8 Å². The van der Waals surface area contributed by atoms with Gasteiger partial charge in [-0.1, -0.05) is 18.6 Å². The maximum Gasteiger partial charge on any atom is 0.271 e. The maximum absolute atomic E-state index is 11.2. The summed E-state index contributed by atoms with van der Waals surface area (Å²) < 4.78 is 0. The number of nitrogens with zero attached hydrogens (tertiary/aromatic N) is 3. The molecule has 1 fully saturated rings. The minimum Gasteiger partial charge on any atom is -0.324 e. The molecule has 110 valence electrons. The van der Waals surface area contributed by atoms with Gasteiger partial charge in [-0.3, -0.25) is 14.7 Å². The normalized spacial score (nSPS) is 15.8. The van der Waals surface area contributed by atoms with Crippen molar-refractivity contribution in [2.24, 2.45) is 0 Å². The van der Waals surface area contributed by atoms with Crippen molar-refractivity contribution in [3.63, 3.8) is 0 Å². The fraction of sp³-hybridized carbons (Fsp3) is 0.400. The zero-order valence-corrected chi connectivity index (χ0v) is 11.9. The van der Waals surface area contributed by atoms with Gasteiger partial charge in [-0.25, -0.2) is 0 Å². The summed E-state index contributed by atoms with van der Waals surface area (Å²) in [5.41, 5.74) is 1.91. The summed E-state index contributed by atoms with van der Waals surface area (Å²) in [5, 5.41) is 10.5. The van der Waals surface area contributed by atoms with Gasteiger partial charge >= 0.3 is 0 Å². The molecule has 1 aromatic carbocycles. The molecular weight excluding hydrogens is 266 g/mol. The molecule has 1 aliphatic heterocycles. The van der Waals surface area contributed by atoms with Crippen LogP contribution in [0.1, 0.15) is 24.8 Å². The lowest BCUT2D eigenvalue weighted by Crippen LogP contribution is -2.29. The van der Waals surface area contributed by atoms with Crippen LogP contribution in [0.5, 0.6) is 0 Å². The highest BCUT2D eigenvalue weighted by atomic mass is 16.1. The molecule has 1 saturated heterocycles. The Morgan fingerprint density at radius 1 is 1.14 bits per heavy atom. The Bertz CT molecular complexity index is 631. The number of hydrogen-bond donors (Lipinski definition) is 2. The van der Waals surface area contributed by atoms with Gasteiger partial charge in [0.1, 0.15) is 6.20 Å². The van der Waals surface area contributed by atoms with Crippen LogP contribution in [0.25, 0.3) is 0 Å². The number of rotatable bonds is 4. The Hall–Kier alpha value is -2.21. The topological polar surface area (TPSA) is 73.9 Å². The van der Waals surface area contributed by atoms with Crippen molar-refractivity contribution in [1.82, 2.24) is 20.1 Å². The number of piperidine rings is 1. The lowest BCUT2D eigenvalue weighted by Gasteiger charge is -2.26. The van der Waals surface area contributed by atoms with Crippen LogP contribution in [0.2, 0.25) is 0 Å². The average Bonchev–Trinajstić information content (AvgIpc) is 2.50. The third-order valence-electron chi connectivity index (χ3n) is 3.65. The van der Waals surface area contributed by atoms with Crippen molar-refractivity contribution in [1.29, 1.82) is 0 Å². The molecule has 6 heteroatoms. The summed E-state index contributed by atoms with van der Waals surface area (Å²) >= 11 is 0. The van der Waals surface area contributed by atoms with Crippen LogP contribution in [-0.4, -0.2) is 33.2 Å². The fourth-order valence-electron chi connectivity index (χ4n) is 2.58. The Balaban J connectivity index is 1.62. The van der Waals surface area contributed by atoms with Gasteiger partial charge in [-0.05, 0) is 43.6 Å². The summed E-state index contributed by atoms with van der Waals surface area (Å²) in [6, 6.07) is 8.19. The number of anilines is 2. The first-order chi connectivity index (χ1) is 10.3. The Morgan fingerprint density at radius 3 is 2.62 bits per heavy atom. The summed E-state index contributed by atoms with van der Waals surface area (Å²) in [7, 11) is 0. The van der Waals surface area contributed by atoms with Gasteiger partial charge in [0.2, 0.25) is 5.95 Å². The number of hydrogen-bond acceptors (Lipinski definition) is 5. The minimum absolute atomic E-state index is 0.269. The number of nitrogens with one attached hydrogen (secondary N) is 2. The fourth-order valence-corrected chi connectivity index (χ4v) is 2.58. The zero-order chi connectivity index (χ0) is 14.5. The van der Waals surface area contributed by atoms with Crippen LogP contribution in [0, 0.1) is 0 Å². The summed E-state index contributed by atoms with van der Waals surface area (Å²) in [5.74, 6) is 0.353. The molecule has 1 aromatic heterocycles. The van der Waals surface area contributed by atoms with E-state index in [-0.39, 0.29) is 5.56 Å². The minimum atomic E-state index is -0.269. The van der Waals surface area contributed by atoms with Crippen molar-refractivity contribution < 1.29 is 0 Å². The monoisotopic (exact) mass is 285 g/mol. The lowest BCUT2D eigenvalue weighted by atomic mass is 10.1. The number of likely N-dealkylation sites (tertiary alicyclic amines) is 1. The molecule has 0 aliphatic carbocycles. The Labute approximate surface area is 123 Å². The predicted molar refractivity (Wildman–Crippen MR) is 81.5 cm³/mol. The van der Waals surface area contributed by atoms with Crippen LogP contribution in [0.3, 0.4) is 0 Å². The van der Waals surface area contributed by atoms with E-state index in [1.807, 2.05) is 12.1 Å². The lowest BCUT2D eigenvalue weighted by molar-refractivity contribution is 0.221. The van der Waals surface area contributed by atoms with Crippen LogP contribution >= 0.6 is 0 Å². The van der Waals surface area contributed by atoms with Gasteiger partial charge in [0.25, 0.3) is 5.56 Å². The smallest absolute Gasteiger partial charge is 0.271 e. The number of aromatic amines is 1. The molecule has 2 aromatic rings. The molecule has 0 atom stereocenters. The molecule has 0 bridgehead atoms. The summed E-state index contributed by atoms with van der Waals surface area (Å²) in [6.07, 6.45) is 5.11. The molecule has 0 radical (unpaired) electrons. The van der Waals surface area contributed by atoms with E-state index in [9.17, 15) is 4.79 Å². The molecule has 0 unspecified atom stereocenters. The summed E-state index contributed by atoms with van der Waals surface area (Å²) in [6.45, 7) is 3.39. The Morgan fingerprint density at radius 2 is 1.90 bits per heavy atom. The predicted octanol–water partition coefficient (Wildman–Crippen LogP) is 1.89. The third kappa shape index (κ3) is 3.88. The second-order valence-corrected chi connectivity index (χ2v) is 5.34. The average molecular weight is 285 g/mol. The highest BCUT2D eigenvalue weighted by Crippen LogP contribution is 2.16. The van der Waals surface area contributed by atoms with Gasteiger partial charge in [0.15, 0.2) is 0 Å². The third-order valence-corrected chi connectivity index (χ3v) is 3.65. The SMILES string of the molecule is O=c1cnnc(Nc2ccc(CN3CCCCC3)cc2)[nH]1. The standard InChI is InChI=1S/C15H19N5O/c21-14-10-16-19-15(18-14)17-13-6-4-12(5-7-13)11-20-8-2-1-3-9-20/h4-7,10H,1-3,8-9,11H2,(H2,17,18,19,21). The molecule has 3 rings (SSSR count). The van der Waals surface area contributed by atoms with Gasteiger partial charge in [0, 0.05) is 12.2 Å². The van der Waals surface area contributed by atoms with Crippen LogP contribution < -0.4 is 10.9 Å². The summed E-state index contributed by atoms with van der Waals surface area (Å²) in [4.78, 5) is 16.2. The second kappa shape index (κ2) is 6.49. The number of benzene rings is 1. The molecule has 1 aliphatic rings. The maximum atomic E-state index is 11.2. The van der Waals surface area contributed by atoms with Crippen LogP contribution in [0.4, 0.5) is 11.6 Å². The van der Waals surface area contributed by atoms with Gasteiger partial charge in [-0.2, -0.15) is 0 Å². The molecule has 2 heterocycles. The number of H-pyrrole nitrogens is 1. The zero-order valence-electron chi connectivity index (χ0n) is 11.9. The largest absolute Gasteiger partial charge is 0.324 e. The highest BCUT2D eigenvalue weighted by molar-refractivity contribution is 5.52. The van der Waals surface area contributed by atoms with Crippen molar-refractivity contribution in [3.05, 3.63) is 46.4 Å². The van der Waals surface area contributed by atoms with Gasteiger partial charge < -0.3 is 5.32 Å². The van der Waals surface area contributed by atoms with Crippen LogP contribution in [0.15, 0.2) is 35.3 Å². The van der Waals surface area contributed by atoms with Crippen LogP contribution in [-0.2, 0) is 6.54 Å². The van der Waals surface area contributed by atoms with E-state index in [0.29, 0.717) is 5.95 Å². The molecule has 2 N–H and O–H groups in total. The molecular formula is C15H19N5O. The molecule has 0 saturated carbocycles. The first-order valence-corrected chi connectivity index (χ1v) is 7.30. The number of aromatic nitrogens is 3. The van der Waals surface area contributed by atoms with E-state index < -0.39 is 0 Å². The molecule has 6 nitrogen and oxygen atoms in total. The van der Waals surface area contributed by atoms with E-state index in [2.05, 4.69) is 37.5 Å². The second-order valence-electron chi connectivity index (χ2n) is 5.34. The first kappa shape index (κ1) is 13.8. The first-order valence-electron chi connectivity index (χ1n) is 7.30. The van der Waals surface area contributed by atoms with Crippen molar-refractivity contribution >= 4 is 11.6 Å². The van der Waals surface area contributed by atoms with E-state index in [0.717, 1.165) is 18.4 Å². The quantitative estimate of drug-likeness (QED) is 0.897. The van der Waals surface area contributed by atoms with Crippen molar-refractivity contribution in [3.8, 4) is 0 Å². The van der Waals surface area contributed by atoms with E-state index >= 15 is 0 Å². The van der Waals surface area contributed by atoms with E-state index in [1.54, 1.807) is 0 Å². The van der Waals surface area contributed by atoms with E-state index in [1.165, 1.54) is 37.9 Å². The molecule has 0 spiro atoms. The van der Waals surface area contributed by atoms with Crippen molar-refractivity contribution in [2.75, 3.05) is 18.4 Å². The molecule has 21 heavy (non-hydrogen) atoms. The van der Waals surface area contributed by atoms with E-state index in [4.69, 9.17) is 0 Å². The van der Waals surface area contributed by atoms with Gasteiger partial charge in [-0.15, -0.1) is 10.2 Å². The highest BCUT2D eigenvalue weighted by Gasteiger charge is 2.10. The molecule has 0 amide bonds. The van der Waals surface area contributed by atoms with Gasteiger partial charge in [0.05, 0.1) is 0 Å².